The summed E-state index contributed by atoms with van der Waals surface area (Å²) < 4.78 is 0. The predicted octanol–water partition coefficient (Wildman–Crippen LogP) is 2.33. The van der Waals surface area contributed by atoms with Gasteiger partial charge >= 0.3 is 0 Å². The van der Waals surface area contributed by atoms with Gasteiger partial charge in [-0.15, -0.1) is 0 Å². The van der Waals surface area contributed by atoms with E-state index in [9.17, 15) is 14.4 Å². The molecule has 5 rings (SSSR count). The number of fused-ring (bicyclic) bond motifs is 2. The summed E-state index contributed by atoms with van der Waals surface area (Å²) in [7, 11) is 0. The lowest BCUT2D eigenvalue weighted by Gasteiger charge is -2.40. The van der Waals surface area contributed by atoms with Crippen molar-refractivity contribution in [2.24, 2.45) is 11.7 Å². The topological polar surface area (TPSA) is 129 Å². The highest BCUT2D eigenvalue weighted by Gasteiger charge is 2.41. The molecule has 0 saturated carbocycles. The first kappa shape index (κ1) is 24.2. The number of rotatable bonds is 8. The second-order valence-electron chi connectivity index (χ2n) is 10.3. The summed E-state index contributed by atoms with van der Waals surface area (Å²) in [6.07, 6.45) is 6.54. The number of hydrogen-bond acceptors (Lipinski definition) is 7. The highest BCUT2D eigenvalue weighted by molar-refractivity contribution is 6.02. The van der Waals surface area contributed by atoms with E-state index in [1.54, 1.807) is 31.3 Å². The Kier molecular flexibility index (Phi) is 6.91. The maximum absolute atomic E-state index is 13.2. The van der Waals surface area contributed by atoms with Crippen molar-refractivity contribution in [1.29, 1.82) is 0 Å². The smallest absolute Gasteiger partial charge is 0.251 e. The van der Waals surface area contributed by atoms with Crippen molar-refractivity contribution in [3.8, 4) is 0 Å². The van der Waals surface area contributed by atoms with Gasteiger partial charge in [-0.3, -0.25) is 14.4 Å². The van der Waals surface area contributed by atoms with Crippen LogP contribution in [0.15, 0.2) is 36.5 Å². The Morgan fingerprint density at radius 3 is 2.44 bits per heavy atom. The summed E-state index contributed by atoms with van der Waals surface area (Å²) in [6.45, 7) is 4.21. The van der Waals surface area contributed by atoms with E-state index in [-0.39, 0.29) is 17.7 Å². The quantitative estimate of drug-likeness (QED) is 0.418. The maximum Gasteiger partial charge on any atom is 0.251 e. The van der Waals surface area contributed by atoms with Gasteiger partial charge in [0.2, 0.25) is 0 Å². The average Bonchev–Trinajstić information content (AvgIpc) is 3.48. The molecular weight excluding hydrogens is 456 g/mol. The molecule has 5 N–H and O–H groups in total. The largest absolute Gasteiger partial charge is 0.384 e. The van der Waals surface area contributed by atoms with Gasteiger partial charge in [0.15, 0.2) is 5.78 Å². The first-order valence-corrected chi connectivity index (χ1v) is 12.8. The number of primary amides is 1. The molecule has 4 atom stereocenters. The first-order valence-electron chi connectivity index (χ1n) is 12.8. The van der Waals surface area contributed by atoms with Gasteiger partial charge in [0, 0.05) is 47.7 Å². The fourth-order valence-corrected chi connectivity index (χ4v) is 5.87. The van der Waals surface area contributed by atoms with Crippen molar-refractivity contribution in [3.05, 3.63) is 53.2 Å². The zero-order valence-corrected chi connectivity index (χ0v) is 20.6. The summed E-state index contributed by atoms with van der Waals surface area (Å²) in [4.78, 5) is 43.6. The molecule has 0 aliphatic carbocycles. The number of nitrogens with two attached hydrogens (primary N) is 1. The van der Waals surface area contributed by atoms with Crippen LogP contribution >= 0.6 is 0 Å². The van der Waals surface area contributed by atoms with Crippen molar-refractivity contribution in [1.82, 2.24) is 15.6 Å². The van der Waals surface area contributed by atoms with Gasteiger partial charge in [-0.2, -0.15) is 0 Å². The molecule has 9 heteroatoms. The molecule has 0 spiro atoms. The van der Waals surface area contributed by atoms with E-state index in [1.165, 1.54) is 0 Å². The molecule has 3 aliphatic heterocycles. The Balaban J connectivity index is 1.24. The number of amides is 2. The van der Waals surface area contributed by atoms with Crippen molar-refractivity contribution in [2.75, 3.05) is 29.9 Å². The summed E-state index contributed by atoms with van der Waals surface area (Å²) in [5, 5.41) is 9.90. The van der Waals surface area contributed by atoms with Gasteiger partial charge in [0.05, 0.1) is 5.56 Å². The molecule has 2 amide bonds. The number of carbonyl (C=O) groups excluding carboxylic acids is 3. The third-order valence-electron chi connectivity index (χ3n) is 7.78. The van der Waals surface area contributed by atoms with E-state index in [0.29, 0.717) is 40.4 Å². The Hall–Kier alpha value is -3.46. The molecule has 36 heavy (non-hydrogen) atoms. The summed E-state index contributed by atoms with van der Waals surface area (Å²) >= 11 is 0. The normalized spacial score (nSPS) is 25.0. The number of nitrogens with one attached hydrogen (secondary N) is 3. The van der Waals surface area contributed by atoms with E-state index >= 15 is 0 Å². The van der Waals surface area contributed by atoms with Crippen LogP contribution in [0.3, 0.4) is 0 Å². The molecule has 9 nitrogen and oxygen atoms in total. The van der Waals surface area contributed by atoms with Crippen molar-refractivity contribution < 1.29 is 14.4 Å². The van der Waals surface area contributed by atoms with Gasteiger partial charge in [0.25, 0.3) is 11.8 Å². The SMILES string of the molecule is CC(=O)c1ccc(N2[C@@H]3CC[C@H]2C[C@@H](NC(=O)c2ccc(C(N)=O)c(NCC4CCNC4)c2)C3)nc1. The number of benzene rings is 1. The van der Waals surface area contributed by atoms with Gasteiger partial charge in [-0.05, 0) is 88.4 Å². The molecule has 2 aromatic rings. The van der Waals surface area contributed by atoms with E-state index in [4.69, 9.17) is 5.73 Å². The van der Waals surface area contributed by atoms with Crippen molar-refractivity contribution >= 4 is 29.1 Å². The molecule has 3 fully saturated rings. The van der Waals surface area contributed by atoms with Crippen molar-refractivity contribution in [2.45, 2.75) is 57.2 Å². The van der Waals surface area contributed by atoms with Gasteiger partial charge < -0.3 is 26.6 Å². The number of pyridine rings is 1. The summed E-state index contributed by atoms with van der Waals surface area (Å²) in [5.41, 5.74) is 7.71. The standard InChI is InChI=1S/C27H34N6O3/c1-16(34)19-3-7-25(31-15-19)33-21-4-5-22(33)12-20(11-21)32-27(36)18-2-6-23(26(28)35)24(10-18)30-14-17-8-9-29-13-17/h2-3,6-7,10,15,17,20-22,29-30H,4-5,8-9,11-14H2,1H3,(H2,28,35)(H,32,36)/t17?,20-,21+,22-. The molecule has 2 bridgehead atoms. The Morgan fingerprint density at radius 1 is 1.08 bits per heavy atom. The molecule has 1 unspecified atom stereocenters. The van der Waals surface area contributed by atoms with E-state index in [2.05, 4.69) is 25.8 Å². The zero-order chi connectivity index (χ0) is 25.2. The Labute approximate surface area is 211 Å². The van der Waals surface area contributed by atoms with Crippen LogP contribution in [0, 0.1) is 5.92 Å². The highest BCUT2D eigenvalue weighted by Crippen LogP contribution is 2.38. The number of ketones is 1. The molecule has 0 radical (unpaired) electrons. The van der Waals surface area contributed by atoms with E-state index in [0.717, 1.165) is 57.6 Å². The van der Waals surface area contributed by atoms with Crippen LogP contribution < -0.4 is 26.6 Å². The molecular formula is C27H34N6O3. The van der Waals surface area contributed by atoms with Crippen LogP contribution in [0.1, 0.15) is 70.1 Å². The predicted molar refractivity (Wildman–Crippen MR) is 138 cm³/mol. The fraction of sp³-hybridized carbons (Fsp3) is 0.481. The van der Waals surface area contributed by atoms with Crippen LogP contribution in [0.2, 0.25) is 0 Å². The summed E-state index contributed by atoms with van der Waals surface area (Å²) in [5.74, 6) is 0.738. The number of piperidine rings is 1. The number of Topliss-reactive ketones (excluding diaryl/α,β-unsaturated/α-hetero) is 1. The fourth-order valence-electron chi connectivity index (χ4n) is 5.87. The minimum Gasteiger partial charge on any atom is -0.384 e. The minimum atomic E-state index is -0.511. The van der Waals surface area contributed by atoms with E-state index < -0.39 is 5.91 Å². The highest BCUT2D eigenvalue weighted by atomic mass is 16.2. The molecule has 3 aliphatic rings. The lowest BCUT2D eigenvalue weighted by molar-refractivity contribution is 0.0924. The second kappa shape index (κ2) is 10.3. The van der Waals surface area contributed by atoms with Gasteiger partial charge in [-0.1, -0.05) is 0 Å². The summed E-state index contributed by atoms with van der Waals surface area (Å²) in [6, 6.07) is 9.48. The molecule has 1 aromatic heterocycles. The van der Waals surface area contributed by atoms with Crippen LogP contribution in [0.5, 0.6) is 0 Å². The van der Waals surface area contributed by atoms with Crippen LogP contribution in [-0.4, -0.2) is 60.3 Å². The monoisotopic (exact) mass is 490 g/mol. The maximum atomic E-state index is 13.2. The minimum absolute atomic E-state index is 0.0104. The lowest BCUT2D eigenvalue weighted by Crippen LogP contribution is -2.50. The van der Waals surface area contributed by atoms with Crippen LogP contribution in [-0.2, 0) is 0 Å². The third-order valence-corrected chi connectivity index (χ3v) is 7.78. The number of anilines is 2. The number of carbonyl (C=O) groups is 3. The molecule has 3 saturated heterocycles. The lowest BCUT2D eigenvalue weighted by atomic mass is 9.96. The molecule has 190 valence electrons. The third kappa shape index (κ3) is 5.06. The van der Waals surface area contributed by atoms with Crippen LogP contribution in [0.4, 0.5) is 11.5 Å². The average molecular weight is 491 g/mol. The Bertz CT molecular complexity index is 1130. The van der Waals surface area contributed by atoms with Crippen LogP contribution in [0.25, 0.3) is 0 Å². The van der Waals surface area contributed by atoms with Gasteiger partial charge in [0.1, 0.15) is 5.82 Å². The number of hydrogen-bond donors (Lipinski definition) is 4. The number of aromatic nitrogens is 1. The van der Waals surface area contributed by atoms with Gasteiger partial charge in [-0.25, -0.2) is 4.98 Å². The second-order valence-corrected chi connectivity index (χ2v) is 10.3. The first-order chi connectivity index (χ1) is 17.4. The number of nitrogens with zero attached hydrogens (tertiary/aromatic N) is 2. The zero-order valence-electron chi connectivity index (χ0n) is 20.6. The van der Waals surface area contributed by atoms with Crippen molar-refractivity contribution in [3.63, 3.8) is 0 Å². The van der Waals surface area contributed by atoms with E-state index in [1.807, 2.05) is 12.1 Å². The Morgan fingerprint density at radius 2 is 1.83 bits per heavy atom. The molecule has 1 aromatic carbocycles. The molecule has 4 heterocycles.